The lowest BCUT2D eigenvalue weighted by atomic mass is 9.75. The number of carbonyl (C=O) groups excluding carboxylic acids is 1. The standard InChI is InChI=1S/C17H27N3O3Si/c1-24(2,3)11-10-23-12-20-13-4-7-19-15(18)14(13)17(16(20)21)5-8-22-9-6-17/h4,7H,5-6,8-12H2,1-3H3,(H2,18,19). The summed E-state index contributed by atoms with van der Waals surface area (Å²) in [6.45, 7) is 9.06. The van der Waals surface area contributed by atoms with E-state index >= 15 is 0 Å². The lowest BCUT2D eigenvalue weighted by Crippen LogP contribution is -2.45. The minimum Gasteiger partial charge on any atom is -0.383 e. The molecule has 1 saturated heterocycles. The van der Waals surface area contributed by atoms with E-state index in [0.717, 1.165) is 17.3 Å². The highest BCUT2D eigenvalue weighted by Gasteiger charge is 2.53. The molecule has 0 aromatic carbocycles. The Morgan fingerprint density at radius 3 is 2.75 bits per heavy atom. The van der Waals surface area contributed by atoms with Gasteiger partial charge in [-0.3, -0.25) is 9.69 Å². The van der Waals surface area contributed by atoms with Crippen molar-refractivity contribution in [2.45, 2.75) is 43.9 Å². The van der Waals surface area contributed by atoms with E-state index in [1.54, 1.807) is 11.1 Å². The zero-order valence-electron chi connectivity index (χ0n) is 14.8. The van der Waals surface area contributed by atoms with Crippen LogP contribution >= 0.6 is 0 Å². The number of nitrogens with two attached hydrogens (primary N) is 1. The number of ether oxygens (including phenoxy) is 2. The van der Waals surface area contributed by atoms with Crippen LogP contribution in [0.1, 0.15) is 18.4 Å². The molecule has 1 spiro atoms. The molecule has 1 fully saturated rings. The Kier molecular flexibility index (Phi) is 4.68. The molecule has 0 aliphatic carbocycles. The van der Waals surface area contributed by atoms with E-state index in [1.807, 2.05) is 6.07 Å². The van der Waals surface area contributed by atoms with Crippen LogP contribution in [-0.2, 0) is 19.7 Å². The Morgan fingerprint density at radius 1 is 1.38 bits per heavy atom. The maximum absolute atomic E-state index is 13.2. The number of anilines is 2. The van der Waals surface area contributed by atoms with Gasteiger partial charge < -0.3 is 15.2 Å². The molecule has 1 amide bonds. The van der Waals surface area contributed by atoms with Gasteiger partial charge in [0.05, 0.1) is 11.1 Å². The van der Waals surface area contributed by atoms with E-state index in [-0.39, 0.29) is 12.6 Å². The molecule has 0 unspecified atom stereocenters. The Balaban J connectivity index is 1.82. The van der Waals surface area contributed by atoms with Gasteiger partial charge in [0.25, 0.3) is 0 Å². The molecular formula is C17H27N3O3Si. The fourth-order valence-corrected chi connectivity index (χ4v) is 4.26. The quantitative estimate of drug-likeness (QED) is 0.652. The van der Waals surface area contributed by atoms with Gasteiger partial charge in [0.1, 0.15) is 12.5 Å². The van der Waals surface area contributed by atoms with Crippen molar-refractivity contribution in [1.29, 1.82) is 0 Å². The van der Waals surface area contributed by atoms with E-state index in [4.69, 9.17) is 15.2 Å². The van der Waals surface area contributed by atoms with Gasteiger partial charge in [-0.1, -0.05) is 19.6 Å². The first kappa shape index (κ1) is 17.4. The second-order valence-corrected chi connectivity index (χ2v) is 13.5. The third-order valence-corrected chi connectivity index (χ3v) is 6.65. The van der Waals surface area contributed by atoms with Crippen LogP contribution in [0.2, 0.25) is 25.7 Å². The number of pyridine rings is 1. The SMILES string of the molecule is C[Si](C)(C)CCOCN1C(=O)C2(CCOCC2)c2c1ccnc2N. The number of hydrogen-bond donors (Lipinski definition) is 1. The number of nitrogen functional groups attached to an aromatic ring is 1. The number of amides is 1. The Hall–Kier alpha value is -1.44. The minimum atomic E-state index is -1.15. The smallest absolute Gasteiger partial charge is 0.239 e. The molecule has 2 aliphatic rings. The van der Waals surface area contributed by atoms with Crippen molar-refractivity contribution >= 4 is 25.5 Å². The highest BCUT2D eigenvalue weighted by atomic mass is 28.3. The summed E-state index contributed by atoms with van der Waals surface area (Å²) in [5.74, 6) is 0.529. The summed E-state index contributed by atoms with van der Waals surface area (Å²) >= 11 is 0. The van der Waals surface area contributed by atoms with Crippen LogP contribution < -0.4 is 10.6 Å². The molecule has 24 heavy (non-hydrogen) atoms. The molecule has 1 aromatic heterocycles. The summed E-state index contributed by atoms with van der Waals surface area (Å²) in [5, 5.41) is 0. The van der Waals surface area contributed by atoms with Gasteiger partial charge in [-0.15, -0.1) is 0 Å². The van der Waals surface area contributed by atoms with Crippen molar-refractivity contribution in [2.24, 2.45) is 0 Å². The van der Waals surface area contributed by atoms with Gasteiger partial charge >= 0.3 is 0 Å². The van der Waals surface area contributed by atoms with Crippen molar-refractivity contribution in [1.82, 2.24) is 4.98 Å². The van der Waals surface area contributed by atoms with Crippen molar-refractivity contribution in [3.8, 4) is 0 Å². The van der Waals surface area contributed by atoms with E-state index in [0.29, 0.717) is 38.5 Å². The maximum Gasteiger partial charge on any atom is 0.239 e. The van der Waals surface area contributed by atoms with Crippen LogP contribution in [0.3, 0.4) is 0 Å². The highest BCUT2D eigenvalue weighted by Crippen LogP contribution is 2.49. The molecule has 0 bridgehead atoms. The molecular weight excluding hydrogens is 322 g/mol. The second kappa shape index (κ2) is 6.46. The lowest BCUT2D eigenvalue weighted by molar-refractivity contribution is -0.127. The van der Waals surface area contributed by atoms with Crippen molar-refractivity contribution in [2.75, 3.05) is 37.2 Å². The molecule has 132 valence electrons. The number of hydrogen-bond acceptors (Lipinski definition) is 5. The zero-order chi connectivity index (χ0) is 17.4. The normalized spacial score (nSPS) is 19.8. The van der Waals surface area contributed by atoms with Crippen LogP contribution in [0.15, 0.2) is 12.3 Å². The Morgan fingerprint density at radius 2 is 2.08 bits per heavy atom. The molecule has 3 rings (SSSR count). The van der Waals surface area contributed by atoms with E-state index in [2.05, 4.69) is 24.6 Å². The predicted molar refractivity (Wildman–Crippen MR) is 96.8 cm³/mol. The summed E-state index contributed by atoms with van der Waals surface area (Å²) in [4.78, 5) is 19.2. The molecule has 6 nitrogen and oxygen atoms in total. The largest absolute Gasteiger partial charge is 0.383 e. The maximum atomic E-state index is 13.2. The van der Waals surface area contributed by atoms with Crippen LogP contribution in [0, 0.1) is 0 Å². The summed E-state index contributed by atoms with van der Waals surface area (Å²) in [6, 6.07) is 2.95. The molecule has 0 atom stereocenters. The Bertz CT molecular complexity index is 624. The molecule has 2 N–H and O–H groups in total. The average molecular weight is 350 g/mol. The first-order valence-corrected chi connectivity index (χ1v) is 12.3. The van der Waals surface area contributed by atoms with Gasteiger partial charge in [0, 0.05) is 39.7 Å². The average Bonchev–Trinajstić information content (AvgIpc) is 2.75. The van der Waals surface area contributed by atoms with Gasteiger partial charge in [0.2, 0.25) is 5.91 Å². The number of carbonyl (C=O) groups is 1. The lowest BCUT2D eigenvalue weighted by Gasteiger charge is -2.32. The van der Waals surface area contributed by atoms with Crippen LogP contribution in [-0.4, -0.2) is 45.5 Å². The molecule has 2 aliphatic heterocycles. The highest BCUT2D eigenvalue weighted by molar-refractivity contribution is 6.76. The molecule has 1 aromatic rings. The zero-order valence-corrected chi connectivity index (χ0v) is 15.8. The number of nitrogens with zero attached hydrogens (tertiary/aromatic N) is 2. The molecule has 7 heteroatoms. The summed E-state index contributed by atoms with van der Waals surface area (Å²) < 4.78 is 11.3. The summed E-state index contributed by atoms with van der Waals surface area (Å²) in [7, 11) is -1.15. The predicted octanol–water partition coefficient (Wildman–Crippen LogP) is 2.37. The molecule has 0 saturated carbocycles. The Labute approximate surface area is 144 Å². The fraction of sp³-hybridized carbons (Fsp3) is 0.647. The van der Waals surface area contributed by atoms with Crippen LogP contribution in [0.25, 0.3) is 0 Å². The van der Waals surface area contributed by atoms with Crippen LogP contribution in [0.4, 0.5) is 11.5 Å². The monoisotopic (exact) mass is 349 g/mol. The molecule has 0 radical (unpaired) electrons. The van der Waals surface area contributed by atoms with E-state index in [1.165, 1.54) is 0 Å². The van der Waals surface area contributed by atoms with Gasteiger partial charge in [-0.2, -0.15) is 0 Å². The first-order valence-electron chi connectivity index (χ1n) is 8.58. The van der Waals surface area contributed by atoms with Crippen LogP contribution in [0.5, 0.6) is 0 Å². The van der Waals surface area contributed by atoms with Gasteiger partial charge in [-0.05, 0) is 25.0 Å². The number of fused-ring (bicyclic) bond motifs is 2. The minimum absolute atomic E-state index is 0.0773. The third kappa shape index (κ3) is 3.08. The van der Waals surface area contributed by atoms with E-state index in [9.17, 15) is 4.79 Å². The summed E-state index contributed by atoms with van der Waals surface area (Å²) in [6.07, 6.45) is 2.97. The second-order valence-electron chi connectivity index (χ2n) is 7.87. The number of rotatable bonds is 5. The third-order valence-electron chi connectivity index (χ3n) is 4.95. The van der Waals surface area contributed by atoms with Gasteiger partial charge in [-0.25, -0.2) is 4.98 Å². The fourth-order valence-electron chi connectivity index (χ4n) is 3.50. The van der Waals surface area contributed by atoms with Crippen molar-refractivity contribution < 1.29 is 14.3 Å². The van der Waals surface area contributed by atoms with Gasteiger partial charge in [0.15, 0.2) is 0 Å². The summed E-state index contributed by atoms with van der Waals surface area (Å²) in [5.41, 5.74) is 7.28. The molecule has 3 heterocycles. The van der Waals surface area contributed by atoms with Crippen molar-refractivity contribution in [3.05, 3.63) is 17.8 Å². The first-order chi connectivity index (χ1) is 11.4. The topological polar surface area (TPSA) is 77.7 Å². The van der Waals surface area contributed by atoms with E-state index < -0.39 is 13.5 Å². The number of aromatic nitrogens is 1. The van der Waals surface area contributed by atoms with Crippen molar-refractivity contribution in [3.63, 3.8) is 0 Å².